The van der Waals surface area contributed by atoms with E-state index in [9.17, 15) is 9.90 Å². The van der Waals surface area contributed by atoms with Crippen LogP contribution in [-0.2, 0) is 10.3 Å². The number of ether oxygens (including phenoxy) is 2. The Balaban J connectivity index is 1.70. The molecule has 0 saturated carbocycles. The number of phenolic OH excluding ortho intramolecular Hbond substituents is 1. The molecule has 2 aromatic rings. The van der Waals surface area contributed by atoms with Crippen LogP contribution < -0.4 is 15.5 Å². The fraction of sp³-hybridized carbons (Fsp3) is 0.348. The molecule has 3 unspecified atom stereocenters. The van der Waals surface area contributed by atoms with E-state index in [-0.39, 0.29) is 24.6 Å². The molecule has 170 valence electrons. The number of methoxy groups -OCH3 is 1. The van der Waals surface area contributed by atoms with Gasteiger partial charge in [0.25, 0.3) is 0 Å². The van der Waals surface area contributed by atoms with E-state index in [4.69, 9.17) is 26.2 Å². The predicted octanol–water partition coefficient (Wildman–Crippen LogP) is 4.12. The Bertz CT molecular complexity index is 1030. The molecule has 0 aliphatic carbocycles. The molecule has 0 bridgehead atoms. The molecular formula is C23H26ClN3O5. The highest BCUT2D eigenvalue weighted by atomic mass is 35.5. The Hall–Kier alpha value is -2.94. The second-order valence-electron chi connectivity index (χ2n) is 8.09. The molecule has 9 heteroatoms. The molecule has 4 N–H and O–H groups in total. The Morgan fingerprint density at radius 1 is 1.28 bits per heavy atom. The molecule has 1 fully saturated rings. The van der Waals surface area contributed by atoms with Crippen molar-refractivity contribution in [2.45, 2.75) is 37.5 Å². The summed E-state index contributed by atoms with van der Waals surface area (Å²) in [5.41, 5.74) is 5.63. The third kappa shape index (κ3) is 4.09. The number of benzene rings is 2. The van der Waals surface area contributed by atoms with Gasteiger partial charge in [-0.25, -0.2) is 4.79 Å². The highest BCUT2D eigenvalue weighted by molar-refractivity contribution is 6.30. The zero-order valence-electron chi connectivity index (χ0n) is 17.8. The monoisotopic (exact) mass is 459 g/mol. The first-order chi connectivity index (χ1) is 15.3. The van der Waals surface area contributed by atoms with Gasteiger partial charge in [0.1, 0.15) is 6.17 Å². The standard InChI is InChI=1S/C23H26ClN3O5/c1-23(15-6-8-16(24)9-7-15)12-18(17-4-3-5-19(31-2)20(17)28)26-21-14(13-25-27(21)23)10-11-32-22(29)30/h3-9,13,18,21,25-26,28H,10-12H2,1-2H3,(H,29,30). The van der Waals surface area contributed by atoms with Crippen LogP contribution in [0.25, 0.3) is 0 Å². The summed E-state index contributed by atoms with van der Waals surface area (Å²) in [6.07, 6.45) is 1.42. The van der Waals surface area contributed by atoms with Gasteiger partial charge in [0.05, 0.1) is 19.3 Å². The van der Waals surface area contributed by atoms with Crippen molar-refractivity contribution >= 4 is 17.8 Å². The molecule has 2 aliphatic heterocycles. The van der Waals surface area contributed by atoms with E-state index in [1.165, 1.54) is 7.11 Å². The second kappa shape index (κ2) is 8.90. The van der Waals surface area contributed by atoms with E-state index in [2.05, 4.69) is 22.7 Å². The number of para-hydroxylation sites is 1. The fourth-order valence-electron chi connectivity index (χ4n) is 4.54. The molecule has 0 amide bonds. The number of fused-ring (bicyclic) bond motifs is 1. The number of halogens is 1. The predicted molar refractivity (Wildman–Crippen MR) is 119 cm³/mol. The number of aromatic hydroxyl groups is 1. The summed E-state index contributed by atoms with van der Waals surface area (Å²) >= 11 is 6.13. The number of nitrogens with one attached hydrogen (secondary N) is 2. The lowest BCUT2D eigenvalue weighted by Crippen LogP contribution is -2.63. The maximum atomic E-state index is 10.8. The van der Waals surface area contributed by atoms with Crippen molar-refractivity contribution in [3.8, 4) is 11.5 Å². The van der Waals surface area contributed by atoms with Crippen LogP contribution in [0.2, 0.25) is 5.02 Å². The van der Waals surface area contributed by atoms with Gasteiger partial charge in [-0.05, 0) is 42.7 Å². The molecule has 1 saturated heterocycles. The average molecular weight is 460 g/mol. The van der Waals surface area contributed by atoms with Crippen LogP contribution in [-0.4, -0.2) is 41.3 Å². The summed E-state index contributed by atoms with van der Waals surface area (Å²) in [4.78, 5) is 10.8. The van der Waals surface area contributed by atoms with Crippen molar-refractivity contribution in [1.29, 1.82) is 0 Å². The van der Waals surface area contributed by atoms with Gasteiger partial charge >= 0.3 is 6.16 Å². The lowest BCUT2D eigenvalue weighted by Gasteiger charge is -2.50. The van der Waals surface area contributed by atoms with Crippen molar-refractivity contribution in [2.75, 3.05) is 13.7 Å². The van der Waals surface area contributed by atoms with Gasteiger partial charge in [-0.3, -0.25) is 5.32 Å². The molecule has 8 nitrogen and oxygen atoms in total. The molecule has 3 atom stereocenters. The minimum atomic E-state index is -1.30. The summed E-state index contributed by atoms with van der Waals surface area (Å²) in [6.45, 7) is 2.19. The Kier molecular flexibility index (Phi) is 6.19. The van der Waals surface area contributed by atoms with Crippen molar-refractivity contribution < 1.29 is 24.5 Å². The van der Waals surface area contributed by atoms with Crippen molar-refractivity contribution in [3.63, 3.8) is 0 Å². The molecule has 2 heterocycles. The van der Waals surface area contributed by atoms with E-state index in [1.54, 1.807) is 6.07 Å². The van der Waals surface area contributed by atoms with Crippen molar-refractivity contribution in [3.05, 3.63) is 70.4 Å². The lowest BCUT2D eigenvalue weighted by molar-refractivity contribution is -0.0263. The molecule has 4 rings (SSSR count). The Labute approximate surface area is 191 Å². The molecular weight excluding hydrogens is 434 g/mol. The fourth-order valence-corrected chi connectivity index (χ4v) is 4.67. The van der Waals surface area contributed by atoms with Crippen LogP contribution >= 0.6 is 11.6 Å². The van der Waals surface area contributed by atoms with Crippen LogP contribution in [0.3, 0.4) is 0 Å². The number of carbonyl (C=O) groups is 1. The van der Waals surface area contributed by atoms with Gasteiger partial charge in [0.2, 0.25) is 0 Å². The zero-order chi connectivity index (χ0) is 22.9. The smallest absolute Gasteiger partial charge is 0.504 e. The van der Waals surface area contributed by atoms with E-state index in [0.717, 1.165) is 16.7 Å². The number of carboxylic acid groups (broad SMARTS) is 1. The number of phenols is 1. The molecule has 2 aromatic carbocycles. The number of nitrogens with zero attached hydrogens (tertiary/aromatic N) is 1. The lowest BCUT2D eigenvalue weighted by atomic mass is 9.80. The second-order valence-corrected chi connectivity index (χ2v) is 8.52. The quantitative estimate of drug-likeness (QED) is 0.478. The SMILES string of the molecule is COc1cccc(C2CC(C)(c3ccc(Cl)cc3)N3NC=C(CCOC(=O)O)C3N2)c1O. The van der Waals surface area contributed by atoms with Crippen LogP contribution in [0.1, 0.15) is 36.9 Å². The molecule has 0 aromatic heterocycles. The average Bonchev–Trinajstić information content (AvgIpc) is 3.18. The third-order valence-corrected chi connectivity index (χ3v) is 6.45. The number of rotatable bonds is 6. The summed E-state index contributed by atoms with van der Waals surface area (Å²) in [5.74, 6) is 0.514. The van der Waals surface area contributed by atoms with Gasteiger partial charge in [-0.1, -0.05) is 35.9 Å². The normalized spacial score (nSPS) is 24.9. The number of hydrogen-bond acceptors (Lipinski definition) is 7. The Morgan fingerprint density at radius 3 is 2.72 bits per heavy atom. The third-order valence-electron chi connectivity index (χ3n) is 6.20. The van der Waals surface area contributed by atoms with Crippen LogP contribution in [0.4, 0.5) is 4.79 Å². The van der Waals surface area contributed by atoms with Gasteiger partial charge in [-0.2, -0.15) is 5.01 Å². The van der Waals surface area contributed by atoms with Gasteiger partial charge in [0.15, 0.2) is 11.5 Å². The van der Waals surface area contributed by atoms with Gasteiger partial charge in [0, 0.05) is 29.2 Å². The Morgan fingerprint density at radius 2 is 2.03 bits per heavy atom. The maximum Gasteiger partial charge on any atom is 0.505 e. The first-order valence-electron chi connectivity index (χ1n) is 10.3. The van der Waals surface area contributed by atoms with Crippen LogP contribution in [0, 0.1) is 0 Å². The topological polar surface area (TPSA) is 103 Å². The van der Waals surface area contributed by atoms with Crippen LogP contribution in [0.5, 0.6) is 11.5 Å². The minimum Gasteiger partial charge on any atom is -0.504 e. The zero-order valence-corrected chi connectivity index (χ0v) is 18.6. The van der Waals surface area contributed by atoms with Crippen molar-refractivity contribution in [2.24, 2.45) is 0 Å². The highest BCUT2D eigenvalue weighted by Gasteiger charge is 2.48. The first kappa shape index (κ1) is 22.3. The maximum absolute atomic E-state index is 10.8. The summed E-state index contributed by atoms with van der Waals surface area (Å²) in [5, 5.41) is 26.0. The number of hydrogen-bond donors (Lipinski definition) is 4. The molecule has 0 radical (unpaired) electrons. The van der Waals surface area contributed by atoms with Crippen molar-refractivity contribution in [1.82, 2.24) is 15.8 Å². The van der Waals surface area contributed by atoms with E-state index in [1.807, 2.05) is 42.6 Å². The number of hydrazine groups is 1. The van der Waals surface area contributed by atoms with Crippen LogP contribution in [0.15, 0.2) is 54.2 Å². The highest BCUT2D eigenvalue weighted by Crippen LogP contribution is 2.47. The minimum absolute atomic E-state index is 0.0571. The van der Waals surface area contributed by atoms with E-state index in [0.29, 0.717) is 23.6 Å². The summed E-state index contributed by atoms with van der Waals surface area (Å²) in [7, 11) is 1.52. The molecule has 32 heavy (non-hydrogen) atoms. The molecule has 2 aliphatic rings. The largest absolute Gasteiger partial charge is 0.505 e. The first-order valence-corrected chi connectivity index (χ1v) is 10.7. The van der Waals surface area contributed by atoms with E-state index < -0.39 is 11.7 Å². The van der Waals surface area contributed by atoms with E-state index >= 15 is 0 Å². The summed E-state index contributed by atoms with van der Waals surface area (Å²) in [6, 6.07) is 13.0. The molecule has 0 spiro atoms. The van der Waals surface area contributed by atoms with Gasteiger partial charge < -0.3 is 25.1 Å². The summed E-state index contributed by atoms with van der Waals surface area (Å²) < 4.78 is 10.0. The van der Waals surface area contributed by atoms with Gasteiger partial charge in [-0.15, -0.1) is 0 Å².